The first-order chi connectivity index (χ1) is 9.19. The van der Waals surface area contributed by atoms with Crippen LogP contribution in [0.2, 0.25) is 5.02 Å². The van der Waals surface area contributed by atoms with E-state index in [1.54, 1.807) is 18.2 Å². The average Bonchev–Trinajstić information content (AvgIpc) is 2.42. The summed E-state index contributed by atoms with van der Waals surface area (Å²) in [6.07, 6.45) is 0. The van der Waals surface area contributed by atoms with Crippen LogP contribution in [-0.4, -0.2) is 56.2 Å². The number of nitrogens with zero attached hydrogens (tertiary/aromatic N) is 3. The molecule has 0 N–H and O–H groups in total. The van der Waals surface area contributed by atoms with Crippen molar-refractivity contribution >= 4 is 11.6 Å². The van der Waals surface area contributed by atoms with Gasteiger partial charge in [-0.1, -0.05) is 11.6 Å². The second-order valence-corrected chi connectivity index (χ2v) is 5.16. The van der Waals surface area contributed by atoms with E-state index >= 15 is 0 Å². The van der Waals surface area contributed by atoms with E-state index in [4.69, 9.17) is 21.6 Å². The molecular weight excluding hydrogens is 262 g/mol. The smallest absolute Gasteiger partial charge is 0.138 e. The van der Waals surface area contributed by atoms with Crippen molar-refractivity contribution in [3.05, 3.63) is 28.8 Å². The summed E-state index contributed by atoms with van der Waals surface area (Å²) in [6.45, 7) is 5.91. The molecule has 2 rings (SSSR count). The average molecular weight is 280 g/mol. The lowest BCUT2D eigenvalue weighted by molar-refractivity contribution is 0.134. The Morgan fingerprint density at radius 3 is 2.68 bits per heavy atom. The maximum Gasteiger partial charge on any atom is 0.138 e. The third-order valence-corrected chi connectivity index (χ3v) is 3.62. The molecule has 19 heavy (non-hydrogen) atoms. The van der Waals surface area contributed by atoms with Crippen LogP contribution in [0.25, 0.3) is 0 Å². The van der Waals surface area contributed by atoms with Gasteiger partial charge in [-0.05, 0) is 25.2 Å². The number of rotatable bonds is 4. The molecule has 1 aromatic carbocycles. The summed E-state index contributed by atoms with van der Waals surface area (Å²) in [4.78, 5) is 4.71. The van der Waals surface area contributed by atoms with Gasteiger partial charge in [0.15, 0.2) is 0 Å². The first kappa shape index (κ1) is 14.1. The monoisotopic (exact) mass is 279 g/mol. The van der Waals surface area contributed by atoms with Gasteiger partial charge in [-0.25, -0.2) is 0 Å². The Bertz CT molecular complexity index is 464. The fourth-order valence-electron chi connectivity index (χ4n) is 2.04. The van der Waals surface area contributed by atoms with Gasteiger partial charge in [-0.2, -0.15) is 5.26 Å². The Labute approximate surface area is 119 Å². The van der Waals surface area contributed by atoms with Gasteiger partial charge in [0, 0.05) is 32.7 Å². The summed E-state index contributed by atoms with van der Waals surface area (Å²) in [5.74, 6) is 0.648. The number of hydrogen-bond donors (Lipinski definition) is 0. The topological polar surface area (TPSA) is 39.5 Å². The van der Waals surface area contributed by atoms with Crippen LogP contribution in [0.4, 0.5) is 0 Å². The highest BCUT2D eigenvalue weighted by atomic mass is 35.5. The van der Waals surface area contributed by atoms with Crippen LogP contribution in [0.15, 0.2) is 18.2 Å². The SMILES string of the molecule is CN1CCN(CCOc2ccc(C#N)cc2Cl)CC1. The van der Waals surface area contributed by atoms with Gasteiger partial charge in [-0.15, -0.1) is 0 Å². The molecule has 0 amide bonds. The second-order valence-electron chi connectivity index (χ2n) is 4.75. The number of benzene rings is 1. The summed E-state index contributed by atoms with van der Waals surface area (Å²) in [5.41, 5.74) is 0.552. The third kappa shape index (κ3) is 4.10. The number of piperazine rings is 1. The minimum Gasteiger partial charge on any atom is -0.491 e. The lowest BCUT2D eigenvalue weighted by atomic mass is 10.2. The predicted octanol–water partition coefficient (Wildman–Crippen LogP) is 1.84. The number of hydrogen-bond acceptors (Lipinski definition) is 4. The van der Waals surface area contributed by atoms with Crippen LogP contribution in [0.1, 0.15) is 5.56 Å². The van der Waals surface area contributed by atoms with E-state index in [2.05, 4.69) is 22.9 Å². The molecule has 4 nitrogen and oxygen atoms in total. The molecule has 1 aromatic rings. The van der Waals surface area contributed by atoms with E-state index in [1.165, 1.54) is 0 Å². The molecule has 0 aromatic heterocycles. The fraction of sp³-hybridized carbons (Fsp3) is 0.500. The minimum absolute atomic E-state index is 0.498. The van der Waals surface area contributed by atoms with Crippen LogP contribution < -0.4 is 4.74 Å². The van der Waals surface area contributed by atoms with Crippen LogP contribution in [0.3, 0.4) is 0 Å². The molecular formula is C14H18ClN3O. The zero-order chi connectivity index (χ0) is 13.7. The molecule has 102 valence electrons. The number of likely N-dealkylation sites (N-methyl/N-ethyl adjacent to an activating group) is 1. The summed E-state index contributed by atoms with van der Waals surface area (Å²) in [6, 6.07) is 7.16. The number of halogens is 1. The van der Waals surface area contributed by atoms with Crippen molar-refractivity contribution in [2.24, 2.45) is 0 Å². The van der Waals surface area contributed by atoms with E-state index in [9.17, 15) is 0 Å². The van der Waals surface area contributed by atoms with Crippen molar-refractivity contribution in [1.82, 2.24) is 9.80 Å². The van der Waals surface area contributed by atoms with Crippen molar-refractivity contribution in [2.45, 2.75) is 0 Å². The van der Waals surface area contributed by atoms with Gasteiger partial charge < -0.3 is 9.64 Å². The van der Waals surface area contributed by atoms with Crippen molar-refractivity contribution in [1.29, 1.82) is 5.26 Å². The Morgan fingerprint density at radius 2 is 2.05 bits per heavy atom. The van der Waals surface area contributed by atoms with Crippen LogP contribution >= 0.6 is 11.6 Å². The van der Waals surface area contributed by atoms with E-state index in [0.29, 0.717) is 22.9 Å². The minimum atomic E-state index is 0.498. The van der Waals surface area contributed by atoms with E-state index in [1.807, 2.05) is 0 Å². The van der Waals surface area contributed by atoms with Crippen molar-refractivity contribution in [3.63, 3.8) is 0 Å². The first-order valence-corrected chi connectivity index (χ1v) is 6.80. The highest BCUT2D eigenvalue weighted by molar-refractivity contribution is 6.32. The molecule has 1 saturated heterocycles. The summed E-state index contributed by atoms with van der Waals surface area (Å²) < 4.78 is 5.67. The van der Waals surface area contributed by atoms with E-state index < -0.39 is 0 Å². The zero-order valence-electron chi connectivity index (χ0n) is 11.1. The van der Waals surface area contributed by atoms with Crippen molar-refractivity contribution in [3.8, 4) is 11.8 Å². The van der Waals surface area contributed by atoms with Crippen LogP contribution in [0, 0.1) is 11.3 Å². The quantitative estimate of drug-likeness (QED) is 0.843. The molecule has 0 atom stereocenters. The van der Waals surface area contributed by atoms with Gasteiger partial charge in [0.1, 0.15) is 12.4 Å². The maximum absolute atomic E-state index is 8.76. The molecule has 1 fully saturated rings. The normalized spacial score (nSPS) is 17.1. The molecule has 1 heterocycles. The number of nitriles is 1. The van der Waals surface area contributed by atoms with Gasteiger partial charge in [-0.3, -0.25) is 4.90 Å². The van der Waals surface area contributed by atoms with Crippen molar-refractivity contribution < 1.29 is 4.74 Å². The van der Waals surface area contributed by atoms with Gasteiger partial charge in [0.25, 0.3) is 0 Å². The Morgan fingerprint density at radius 1 is 1.32 bits per heavy atom. The first-order valence-electron chi connectivity index (χ1n) is 6.42. The molecule has 1 aliphatic rings. The third-order valence-electron chi connectivity index (χ3n) is 3.32. The highest BCUT2D eigenvalue weighted by Crippen LogP contribution is 2.25. The highest BCUT2D eigenvalue weighted by Gasteiger charge is 2.13. The van der Waals surface area contributed by atoms with Crippen LogP contribution in [0.5, 0.6) is 5.75 Å². The fourth-order valence-corrected chi connectivity index (χ4v) is 2.28. The molecule has 0 bridgehead atoms. The largest absolute Gasteiger partial charge is 0.491 e. The lowest BCUT2D eigenvalue weighted by Gasteiger charge is -2.32. The summed E-state index contributed by atoms with van der Waals surface area (Å²) >= 11 is 6.05. The Hall–Kier alpha value is -1.28. The predicted molar refractivity (Wildman–Crippen MR) is 75.6 cm³/mol. The molecule has 0 saturated carbocycles. The van der Waals surface area contributed by atoms with E-state index in [-0.39, 0.29) is 0 Å². The molecule has 0 spiro atoms. The summed E-state index contributed by atoms with van der Waals surface area (Å²) in [5, 5.41) is 9.26. The Kier molecular flexibility index (Phi) is 5.03. The zero-order valence-corrected chi connectivity index (χ0v) is 11.9. The molecule has 0 aliphatic carbocycles. The summed E-state index contributed by atoms with van der Waals surface area (Å²) in [7, 11) is 2.14. The molecule has 1 aliphatic heterocycles. The standard InChI is InChI=1S/C14H18ClN3O/c1-17-4-6-18(7-5-17)8-9-19-14-3-2-12(11-16)10-13(14)15/h2-3,10H,4-9H2,1H3. The van der Waals surface area contributed by atoms with Gasteiger partial charge in [0.05, 0.1) is 16.7 Å². The van der Waals surface area contributed by atoms with Crippen molar-refractivity contribution in [2.75, 3.05) is 46.4 Å². The van der Waals surface area contributed by atoms with Crippen LogP contribution in [-0.2, 0) is 0 Å². The number of ether oxygens (including phenoxy) is 1. The van der Waals surface area contributed by atoms with E-state index in [0.717, 1.165) is 32.7 Å². The lowest BCUT2D eigenvalue weighted by Crippen LogP contribution is -2.45. The maximum atomic E-state index is 8.76. The molecule has 0 unspecified atom stereocenters. The van der Waals surface area contributed by atoms with Gasteiger partial charge in [0.2, 0.25) is 0 Å². The second kappa shape index (κ2) is 6.76. The Balaban J connectivity index is 1.78. The van der Waals surface area contributed by atoms with Gasteiger partial charge >= 0.3 is 0 Å². The molecule has 0 radical (unpaired) electrons. The molecule has 5 heteroatoms.